The SMILES string of the molecule is CCCCCCCCP(=O)(O)O[Si](C)(OC)OC. The normalized spacial score (nSPS) is 15.6. The Morgan fingerprint density at radius 2 is 1.56 bits per heavy atom. The second-order valence-electron chi connectivity index (χ2n) is 4.49. The van der Waals surface area contributed by atoms with E-state index in [9.17, 15) is 9.46 Å². The summed E-state index contributed by atoms with van der Waals surface area (Å²) < 4.78 is 27.1. The molecule has 0 amide bonds. The standard InChI is InChI=1S/C11H27O5PSi/c1-5-6-7-8-9-10-11-17(12,13)16-18(4,14-2)15-3/h5-11H2,1-4H3,(H,12,13). The highest BCUT2D eigenvalue weighted by atomic mass is 31.2. The van der Waals surface area contributed by atoms with Crippen LogP contribution >= 0.6 is 7.60 Å². The average molecular weight is 298 g/mol. The predicted molar refractivity (Wildman–Crippen MR) is 74.8 cm³/mol. The molecule has 0 aromatic rings. The lowest BCUT2D eigenvalue weighted by atomic mass is 10.1. The van der Waals surface area contributed by atoms with Gasteiger partial charge in [-0.2, -0.15) is 0 Å². The van der Waals surface area contributed by atoms with Crippen molar-refractivity contribution in [2.24, 2.45) is 0 Å². The second kappa shape index (κ2) is 9.23. The molecule has 1 atom stereocenters. The lowest BCUT2D eigenvalue weighted by Gasteiger charge is -2.24. The molecular weight excluding hydrogens is 271 g/mol. The Labute approximate surface area is 112 Å². The van der Waals surface area contributed by atoms with Crippen LogP contribution in [0.5, 0.6) is 0 Å². The topological polar surface area (TPSA) is 65.0 Å². The summed E-state index contributed by atoms with van der Waals surface area (Å²) in [5, 5.41) is 0. The van der Waals surface area contributed by atoms with Gasteiger partial charge in [0.15, 0.2) is 0 Å². The minimum absolute atomic E-state index is 0.175. The van der Waals surface area contributed by atoms with Gasteiger partial charge >= 0.3 is 16.4 Å². The zero-order chi connectivity index (χ0) is 14.1. The number of rotatable bonds is 11. The third-order valence-electron chi connectivity index (χ3n) is 2.84. The zero-order valence-electron chi connectivity index (χ0n) is 12.0. The third-order valence-corrected chi connectivity index (χ3v) is 7.68. The molecule has 5 nitrogen and oxygen atoms in total. The van der Waals surface area contributed by atoms with E-state index in [0.29, 0.717) is 6.42 Å². The van der Waals surface area contributed by atoms with Crippen molar-refractivity contribution >= 4 is 16.4 Å². The molecule has 0 rings (SSSR count). The molecule has 0 aliphatic rings. The van der Waals surface area contributed by atoms with E-state index in [0.717, 1.165) is 12.8 Å². The first-order valence-corrected chi connectivity index (χ1v) is 10.5. The largest absolute Gasteiger partial charge is 0.504 e. The molecule has 0 aromatic heterocycles. The first-order chi connectivity index (χ1) is 8.39. The van der Waals surface area contributed by atoms with E-state index in [1.807, 2.05) is 0 Å². The summed E-state index contributed by atoms with van der Waals surface area (Å²) in [4.78, 5) is 9.72. The molecule has 0 aromatic carbocycles. The van der Waals surface area contributed by atoms with Crippen molar-refractivity contribution in [1.29, 1.82) is 0 Å². The van der Waals surface area contributed by atoms with Gasteiger partial charge in [-0.3, -0.25) is 4.57 Å². The lowest BCUT2D eigenvalue weighted by molar-refractivity contribution is 0.160. The third kappa shape index (κ3) is 8.40. The maximum Gasteiger partial charge on any atom is 0.504 e. The van der Waals surface area contributed by atoms with Crippen LogP contribution in [0.1, 0.15) is 45.4 Å². The smallest absolute Gasteiger partial charge is 0.377 e. The average Bonchev–Trinajstić information content (AvgIpc) is 2.33. The maximum atomic E-state index is 11.8. The van der Waals surface area contributed by atoms with Crippen LogP contribution in [-0.2, 0) is 17.6 Å². The van der Waals surface area contributed by atoms with Gasteiger partial charge in [0.1, 0.15) is 0 Å². The Morgan fingerprint density at radius 3 is 2.06 bits per heavy atom. The van der Waals surface area contributed by atoms with Crippen LogP contribution < -0.4 is 0 Å². The summed E-state index contributed by atoms with van der Waals surface area (Å²) in [5.41, 5.74) is 0. The Morgan fingerprint density at radius 1 is 1.06 bits per heavy atom. The highest BCUT2D eigenvalue weighted by molar-refractivity contribution is 7.54. The van der Waals surface area contributed by atoms with Crippen LogP contribution in [0.15, 0.2) is 0 Å². The minimum Gasteiger partial charge on any atom is -0.377 e. The van der Waals surface area contributed by atoms with Gasteiger partial charge < -0.3 is 18.0 Å². The Hall–Kier alpha value is 0.287. The van der Waals surface area contributed by atoms with Crippen molar-refractivity contribution in [3.63, 3.8) is 0 Å². The molecule has 0 bridgehead atoms. The van der Waals surface area contributed by atoms with Gasteiger partial charge in [0, 0.05) is 26.9 Å². The first-order valence-electron chi connectivity index (χ1n) is 6.52. The predicted octanol–water partition coefficient (Wildman–Crippen LogP) is 3.41. The van der Waals surface area contributed by atoms with Crippen molar-refractivity contribution in [2.75, 3.05) is 20.4 Å². The first kappa shape index (κ1) is 18.3. The summed E-state index contributed by atoms with van der Waals surface area (Å²) in [6, 6.07) is 0. The van der Waals surface area contributed by atoms with E-state index >= 15 is 0 Å². The van der Waals surface area contributed by atoms with Crippen LogP contribution in [-0.4, -0.2) is 34.1 Å². The Kier molecular flexibility index (Phi) is 9.38. The summed E-state index contributed by atoms with van der Waals surface area (Å²) in [7, 11) is -3.66. The molecule has 0 saturated heterocycles. The van der Waals surface area contributed by atoms with Gasteiger partial charge in [-0.25, -0.2) is 0 Å². The molecule has 7 heteroatoms. The van der Waals surface area contributed by atoms with E-state index in [1.54, 1.807) is 6.55 Å². The fraction of sp³-hybridized carbons (Fsp3) is 1.00. The summed E-state index contributed by atoms with van der Waals surface area (Å²) in [6.07, 6.45) is 6.57. The summed E-state index contributed by atoms with van der Waals surface area (Å²) >= 11 is 0. The number of hydrogen-bond acceptors (Lipinski definition) is 4. The van der Waals surface area contributed by atoms with Crippen LogP contribution in [0.25, 0.3) is 0 Å². The maximum absolute atomic E-state index is 11.8. The molecule has 0 radical (unpaired) electrons. The molecule has 0 saturated carbocycles. The van der Waals surface area contributed by atoms with Crippen molar-refractivity contribution in [2.45, 2.75) is 52.0 Å². The zero-order valence-corrected chi connectivity index (χ0v) is 13.9. The van der Waals surface area contributed by atoms with E-state index in [4.69, 9.17) is 13.1 Å². The van der Waals surface area contributed by atoms with Crippen molar-refractivity contribution in [1.82, 2.24) is 0 Å². The van der Waals surface area contributed by atoms with Gasteiger partial charge in [0.05, 0.1) is 0 Å². The number of unbranched alkanes of at least 4 members (excludes halogenated alkanes) is 5. The second-order valence-corrected chi connectivity index (χ2v) is 9.48. The quantitative estimate of drug-likeness (QED) is 0.360. The van der Waals surface area contributed by atoms with Crippen molar-refractivity contribution in [3.05, 3.63) is 0 Å². The van der Waals surface area contributed by atoms with Crippen LogP contribution in [0.2, 0.25) is 6.55 Å². The molecule has 0 heterocycles. The lowest BCUT2D eigenvalue weighted by Crippen LogP contribution is -2.39. The molecule has 0 aliphatic carbocycles. The summed E-state index contributed by atoms with van der Waals surface area (Å²) in [6.45, 7) is 3.77. The number of hydrogen-bond donors (Lipinski definition) is 1. The molecule has 0 spiro atoms. The van der Waals surface area contributed by atoms with Gasteiger partial charge in [-0.1, -0.05) is 39.0 Å². The molecule has 1 unspecified atom stereocenters. The Balaban J connectivity index is 3.90. The van der Waals surface area contributed by atoms with E-state index in [2.05, 4.69) is 6.92 Å². The fourth-order valence-corrected chi connectivity index (χ4v) is 5.38. The van der Waals surface area contributed by atoms with E-state index in [-0.39, 0.29) is 6.16 Å². The molecule has 0 fully saturated rings. The monoisotopic (exact) mass is 298 g/mol. The molecule has 18 heavy (non-hydrogen) atoms. The summed E-state index contributed by atoms with van der Waals surface area (Å²) in [5.74, 6) is 0. The minimum atomic E-state index is -3.59. The fourth-order valence-electron chi connectivity index (χ4n) is 1.55. The highest BCUT2D eigenvalue weighted by Gasteiger charge is 2.39. The van der Waals surface area contributed by atoms with Crippen molar-refractivity contribution in [3.8, 4) is 0 Å². The van der Waals surface area contributed by atoms with Gasteiger partial charge in [0.2, 0.25) is 0 Å². The van der Waals surface area contributed by atoms with Crippen LogP contribution in [0, 0.1) is 0 Å². The van der Waals surface area contributed by atoms with Crippen LogP contribution in [0.3, 0.4) is 0 Å². The Bertz CT molecular complexity index is 258. The van der Waals surface area contributed by atoms with Gasteiger partial charge in [-0.15, -0.1) is 0 Å². The highest BCUT2D eigenvalue weighted by Crippen LogP contribution is 2.46. The molecule has 1 N–H and O–H groups in total. The van der Waals surface area contributed by atoms with Crippen LogP contribution in [0.4, 0.5) is 0 Å². The van der Waals surface area contributed by atoms with E-state index < -0.39 is 16.4 Å². The van der Waals surface area contributed by atoms with Gasteiger partial charge in [0.25, 0.3) is 0 Å². The van der Waals surface area contributed by atoms with Gasteiger partial charge in [-0.05, 0) is 6.42 Å². The molecular formula is C11H27O5PSi. The van der Waals surface area contributed by atoms with Crippen molar-refractivity contribution < 1.29 is 22.5 Å². The van der Waals surface area contributed by atoms with E-state index in [1.165, 1.54) is 33.5 Å². The molecule has 110 valence electrons. The molecule has 0 aliphatic heterocycles.